The molecule has 88 valence electrons. The van der Waals surface area contributed by atoms with Crippen LogP contribution in [-0.2, 0) is 0 Å². The number of thiocarbonyl (C=S) groups is 1. The Morgan fingerprint density at radius 1 is 0.941 bits per heavy atom. The lowest BCUT2D eigenvalue weighted by Gasteiger charge is -2.32. The lowest BCUT2D eigenvalue weighted by Crippen LogP contribution is -2.55. The van der Waals surface area contributed by atoms with E-state index in [-0.39, 0.29) is 12.3 Å². The molecule has 0 amide bonds. The van der Waals surface area contributed by atoms with E-state index in [9.17, 15) is 0 Å². The van der Waals surface area contributed by atoms with Gasteiger partial charge in [0.1, 0.15) is 23.9 Å². The average Bonchev–Trinajstić information content (AvgIpc) is 3.02. The van der Waals surface area contributed by atoms with Crippen LogP contribution in [0.5, 0.6) is 0 Å². The summed E-state index contributed by atoms with van der Waals surface area (Å²) in [5.74, 6) is 1.57. The van der Waals surface area contributed by atoms with Crippen molar-refractivity contribution in [3.8, 4) is 0 Å². The largest absolute Gasteiger partial charge is 0.466 e. The minimum absolute atomic E-state index is 0.158. The van der Waals surface area contributed by atoms with E-state index >= 15 is 0 Å². The van der Waals surface area contributed by atoms with Crippen molar-refractivity contribution in [2.24, 2.45) is 0 Å². The maximum absolute atomic E-state index is 5.34. The molecule has 2 atom stereocenters. The molecule has 1 aliphatic rings. The first kappa shape index (κ1) is 10.4. The molecule has 1 fully saturated rings. The van der Waals surface area contributed by atoms with Gasteiger partial charge in [-0.15, -0.1) is 0 Å². The Hall–Kier alpha value is -1.79. The van der Waals surface area contributed by atoms with Gasteiger partial charge in [0, 0.05) is 0 Å². The lowest BCUT2D eigenvalue weighted by atomic mass is 10.2. The molecule has 3 heterocycles. The number of furan rings is 2. The maximum atomic E-state index is 5.34. The SMILES string of the molecule is S=C1NC(c2ccco2)NC(c2ccco2)N1. The highest BCUT2D eigenvalue weighted by Gasteiger charge is 2.27. The highest BCUT2D eigenvalue weighted by Crippen LogP contribution is 2.20. The molecule has 0 aliphatic carbocycles. The molecule has 1 aliphatic heterocycles. The summed E-state index contributed by atoms with van der Waals surface area (Å²) in [6, 6.07) is 7.45. The Morgan fingerprint density at radius 2 is 1.47 bits per heavy atom. The molecule has 5 nitrogen and oxygen atoms in total. The molecule has 17 heavy (non-hydrogen) atoms. The molecule has 0 spiro atoms. The molecule has 0 bridgehead atoms. The van der Waals surface area contributed by atoms with Gasteiger partial charge in [-0.2, -0.15) is 0 Å². The van der Waals surface area contributed by atoms with E-state index in [1.165, 1.54) is 0 Å². The summed E-state index contributed by atoms with van der Waals surface area (Å²) in [6.07, 6.45) is 2.94. The molecular formula is C11H11N3O2S. The van der Waals surface area contributed by atoms with Crippen LogP contribution in [0.3, 0.4) is 0 Å². The molecular weight excluding hydrogens is 238 g/mol. The molecule has 1 saturated heterocycles. The smallest absolute Gasteiger partial charge is 0.169 e. The Kier molecular flexibility index (Phi) is 2.58. The first-order valence-corrected chi connectivity index (χ1v) is 5.63. The van der Waals surface area contributed by atoms with Gasteiger partial charge in [-0.1, -0.05) is 0 Å². The van der Waals surface area contributed by atoms with Crippen molar-refractivity contribution in [1.29, 1.82) is 0 Å². The fraction of sp³-hybridized carbons (Fsp3) is 0.182. The van der Waals surface area contributed by atoms with E-state index in [0.29, 0.717) is 5.11 Å². The van der Waals surface area contributed by atoms with Crippen LogP contribution in [0.15, 0.2) is 45.6 Å². The predicted molar refractivity (Wildman–Crippen MR) is 64.9 cm³/mol. The zero-order chi connectivity index (χ0) is 11.7. The minimum atomic E-state index is -0.158. The quantitative estimate of drug-likeness (QED) is 0.703. The van der Waals surface area contributed by atoms with E-state index in [2.05, 4.69) is 16.0 Å². The molecule has 0 aromatic carbocycles. The second-order valence-corrected chi connectivity index (χ2v) is 4.09. The Morgan fingerprint density at radius 3 is 1.88 bits per heavy atom. The van der Waals surface area contributed by atoms with E-state index in [4.69, 9.17) is 21.1 Å². The third-order valence-corrected chi connectivity index (χ3v) is 2.78. The topological polar surface area (TPSA) is 62.4 Å². The van der Waals surface area contributed by atoms with Crippen molar-refractivity contribution >= 4 is 17.3 Å². The molecule has 2 aromatic heterocycles. The standard InChI is InChI=1S/C11H11N3O2S/c17-11-13-9(7-3-1-5-15-7)12-10(14-11)8-4-2-6-16-8/h1-6,9-10,12H,(H2,13,14,17). The van der Waals surface area contributed by atoms with Crippen LogP contribution in [0.1, 0.15) is 23.9 Å². The van der Waals surface area contributed by atoms with Crippen molar-refractivity contribution in [2.45, 2.75) is 12.3 Å². The van der Waals surface area contributed by atoms with Gasteiger partial charge >= 0.3 is 0 Å². The van der Waals surface area contributed by atoms with Crippen LogP contribution in [0.2, 0.25) is 0 Å². The van der Waals surface area contributed by atoms with Gasteiger partial charge in [0.15, 0.2) is 5.11 Å². The van der Waals surface area contributed by atoms with E-state index in [0.717, 1.165) is 11.5 Å². The van der Waals surface area contributed by atoms with Gasteiger partial charge in [0.2, 0.25) is 0 Å². The highest BCUT2D eigenvalue weighted by atomic mass is 32.1. The van der Waals surface area contributed by atoms with Gasteiger partial charge in [-0.3, -0.25) is 5.32 Å². The predicted octanol–water partition coefficient (Wildman–Crippen LogP) is 1.64. The molecule has 0 saturated carbocycles. The fourth-order valence-electron chi connectivity index (χ4n) is 1.77. The van der Waals surface area contributed by atoms with Crippen LogP contribution in [0.4, 0.5) is 0 Å². The second-order valence-electron chi connectivity index (χ2n) is 3.68. The molecule has 2 aromatic rings. The second kappa shape index (κ2) is 4.23. The first-order chi connectivity index (χ1) is 8.33. The first-order valence-electron chi connectivity index (χ1n) is 5.23. The van der Waals surface area contributed by atoms with Gasteiger partial charge < -0.3 is 19.5 Å². The van der Waals surface area contributed by atoms with Crippen molar-refractivity contribution in [2.75, 3.05) is 0 Å². The summed E-state index contributed by atoms with van der Waals surface area (Å²) in [6.45, 7) is 0. The average molecular weight is 249 g/mol. The minimum Gasteiger partial charge on any atom is -0.466 e. The summed E-state index contributed by atoms with van der Waals surface area (Å²) in [4.78, 5) is 0. The summed E-state index contributed by atoms with van der Waals surface area (Å²) >= 11 is 5.16. The van der Waals surface area contributed by atoms with E-state index in [1.54, 1.807) is 12.5 Å². The number of hydrogen-bond acceptors (Lipinski definition) is 4. The monoisotopic (exact) mass is 249 g/mol. The molecule has 2 unspecified atom stereocenters. The fourth-order valence-corrected chi connectivity index (χ4v) is 2.01. The van der Waals surface area contributed by atoms with Gasteiger partial charge in [0.05, 0.1) is 12.5 Å². The van der Waals surface area contributed by atoms with Crippen molar-refractivity contribution in [1.82, 2.24) is 16.0 Å². The van der Waals surface area contributed by atoms with Crippen LogP contribution < -0.4 is 16.0 Å². The van der Waals surface area contributed by atoms with Crippen LogP contribution >= 0.6 is 12.2 Å². The number of hydrogen-bond donors (Lipinski definition) is 3. The third kappa shape index (κ3) is 2.04. The summed E-state index contributed by atoms with van der Waals surface area (Å²) in [5.41, 5.74) is 0. The maximum Gasteiger partial charge on any atom is 0.169 e. The zero-order valence-corrected chi connectivity index (χ0v) is 9.66. The lowest BCUT2D eigenvalue weighted by molar-refractivity contribution is 0.290. The third-order valence-electron chi connectivity index (χ3n) is 2.54. The summed E-state index contributed by atoms with van der Waals surface area (Å²) in [7, 11) is 0. The van der Waals surface area contributed by atoms with Crippen LogP contribution in [-0.4, -0.2) is 5.11 Å². The van der Waals surface area contributed by atoms with E-state index in [1.807, 2.05) is 24.3 Å². The van der Waals surface area contributed by atoms with E-state index < -0.39 is 0 Å². The van der Waals surface area contributed by atoms with Gasteiger partial charge in [-0.05, 0) is 36.5 Å². The Labute approximate surface area is 103 Å². The normalized spacial score (nSPS) is 24.1. The van der Waals surface area contributed by atoms with Gasteiger partial charge in [0.25, 0.3) is 0 Å². The Bertz CT molecular complexity index is 451. The molecule has 3 N–H and O–H groups in total. The van der Waals surface area contributed by atoms with Crippen molar-refractivity contribution in [3.63, 3.8) is 0 Å². The summed E-state index contributed by atoms with van der Waals surface area (Å²) < 4.78 is 10.7. The highest BCUT2D eigenvalue weighted by molar-refractivity contribution is 7.80. The molecule has 6 heteroatoms. The number of nitrogens with one attached hydrogen (secondary N) is 3. The number of rotatable bonds is 2. The summed E-state index contributed by atoms with van der Waals surface area (Å²) in [5, 5.41) is 10.0. The molecule has 3 rings (SSSR count). The van der Waals surface area contributed by atoms with Crippen LogP contribution in [0.25, 0.3) is 0 Å². The van der Waals surface area contributed by atoms with Gasteiger partial charge in [-0.25, -0.2) is 0 Å². The zero-order valence-electron chi connectivity index (χ0n) is 8.84. The van der Waals surface area contributed by atoms with Crippen LogP contribution in [0, 0.1) is 0 Å². The Balaban J connectivity index is 1.82. The molecule has 0 radical (unpaired) electrons. The van der Waals surface area contributed by atoms with Crippen molar-refractivity contribution in [3.05, 3.63) is 48.3 Å². The van der Waals surface area contributed by atoms with Crippen molar-refractivity contribution < 1.29 is 8.83 Å².